The first kappa shape index (κ1) is 17.2. The quantitative estimate of drug-likeness (QED) is 0.753. The lowest BCUT2D eigenvalue weighted by Crippen LogP contribution is -2.28. The summed E-state index contributed by atoms with van der Waals surface area (Å²) in [6.07, 6.45) is 3.32. The first-order valence-electron chi connectivity index (χ1n) is 6.78. The topological polar surface area (TPSA) is 92.3 Å². The van der Waals surface area contributed by atoms with E-state index in [9.17, 15) is 18.0 Å². The predicted molar refractivity (Wildman–Crippen MR) is 80.2 cm³/mol. The maximum Gasteiger partial charge on any atom is 0.264 e. The fourth-order valence-electron chi connectivity index (χ4n) is 1.72. The van der Waals surface area contributed by atoms with Crippen molar-refractivity contribution in [3.05, 3.63) is 24.3 Å². The number of nitrogens with one attached hydrogen (secondary N) is 2. The van der Waals surface area contributed by atoms with Gasteiger partial charge in [-0.1, -0.05) is 19.8 Å². The third-order valence-electron chi connectivity index (χ3n) is 2.73. The SMILES string of the molecule is CCCCCC(=O)Nc1ccc(S(=O)(=O)NC(C)=O)cc1. The van der Waals surface area contributed by atoms with Gasteiger partial charge in [-0.2, -0.15) is 0 Å². The zero-order valence-corrected chi connectivity index (χ0v) is 13.0. The summed E-state index contributed by atoms with van der Waals surface area (Å²) in [6.45, 7) is 3.19. The Kier molecular flexibility index (Phi) is 6.36. The molecule has 0 atom stereocenters. The van der Waals surface area contributed by atoms with E-state index in [-0.39, 0.29) is 10.8 Å². The van der Waals surface area contributed by atoms with E-state index in [1.807, 2.05) is 4.72 Å². The fraction of sp³-hybridized carbons (Fsp3) is 0.429. The van der Waals surface area contributed by atoms with Crippen molar-refractivity contribution in [2.75, 3.05) is 5.32 Å². The lowest BCUT2D eigenvalue weighted by Gasteiger charge is -2.07. The van der Waals surface area contributed by atoms with E-state index in [2.05, 4.69) is 12.2 Å². The standard InChI is InChI=1S/C14H20N2O4S/c1-3-4-5-6-14(18)15-12-7-9-13(10-8-12)21(19,20)16-11(2)17/h7-10H,3-6H2,1-2H3,(H,15,18)(H,16,17). The number of sulfonamides is 1. The molecule has 6 nitrogen and oxygen atoms in total. The van der Waals surface area contributed by atoms with Gasteiger partial charge in [-0.05, 0) is 30.7 Å². The van der Waals surface area contributed by atoms with Crippen molar-refractivity contribution in [2.24, 2.45) is 0 Å². The van der Waals surface area contributed by atoms with Crippen LogP contribution in [0.3, 0.4) is 0 Å². The minimum atomic E-state index is -3.83. The summed E-state index contributed by atoms with van der Waals surface area (Å²) in [7, 11) is -3.83. The van der Waals surface area contributed by atoms with Crippen LogP contribution < -0.4 is 10.0 Å². The van der Waals surface area contributed by atoms with Gasteiger partial charge in [0.05, 0.1) is 4.90 Å². The molecule has 0 bridgehead atoms. The molecule has 0 radical (unpaired) electrons. The predicted octanol–water partition coefficient (Wildman–Crippen LogP) is 2.03. The van der Waals surface area contributed by atoms with Crippen LogP contribution >= 0.6 is 0 Å². The van der Waals surface area contributed by atoms with E-state index in [0.29, 0.717) is 12.1 Å². The Morgan fingerprint density at radius 2 is 1.71 bits per heavy atom. The molecule has 0 unspecified atom stereocenters. The van der Waals surface area contributed by atoms with Crippen LogP contribution in [-0.2, 0) is 19.6 Å². The fourth-order valence-corrected chi connectivity index (χ4v) is 2.72. The lowest BCUT2D eigenvalue weighted by molar-refractivity contribution is -0.117. The van der Waals surface area contributed by atoms with E-state index in [1.165, 1.54) is 24.3 Å². The number of rotatable bonds is 7. The van der Waals surface area contributed by atoms with Crippen LogP contribution in [0.15, 0.2) is 29.2 Å². The highest BCUT2D eigenvalue weighted by Crippen LogP contribution is 2.14. The lowest BCUT2D eigenvalue weighted by atomic mass is 10.2. The molecular formula is C14H20N2O4S. The van der Waals surface area contributed by atoms with Gasteiger partial charge in [0.1, 0.15) is 0 Å². The van der Waals surface area contributed by atoms with Crippen molar-refractivity contribution >= 4 is 27.5 Å². The first-order valence-corrected chi connectivity index (χ1v) is 8.27. The van der Waals surface area contributed by atoms with E-state index in [4.69, 9.17) is 0 Å². The largest absolute Gasteiger partial charge is 0.326 e. The number of carbonyl (C=O) groups is 2. The minimum Gasteiger partial charge on any atom is -0.326 e. The molecule has 1 rings (SSSR count). The van der Waals surface area contributed by atoms with Crippen molar-refractivity contribution in [1.82, 2.24) is 4.72 Å². The van der Waals surface area contributed by atoms with E-state index >= 15 is 0 Å². The number of unbranched alkanes of at least 4 members (excludes halogenated alkanes) is 2. The maximum absolute atomic E-state index is 11.7. The van der Waals surface area contributed by atoms with Gasteiger partial charge in [-0.25, -0.2) is 13.1 Å². The molecule has 7 heteroatoms. The molecule has 0 saturated heterocycles. The van der Waals surface area contributed by atoms with Crippen LogP contribution in [0, 0.1) is 0 Å². The second kappa shape index (κ2) is 7.78. The van der Waals surface area contributed by atoms with Crippen molar-refractivity contribution in [3.8, 4) is 0 Å². The van der Waals surface area contributed by atoms with Crippen molar-refractivity contribution in [3.63, 3.8) is 0 Å². The molecule has 1 aromatic carbocycles. The summed E-state index contributed by atoms with van der Waals surface area (Å²) in [4.78, 5) is 22.4. The monoisotopic (exact) mass is 312 g/mol. The van der Waals surface area contributed by atoms with Crippen LogP contribution in [-0.4, -0.2) is 20.2 Å². The third-order valence-corrected chi connectivity index (χ3v) is 4.18. The Bertz CT molecular complexity index is 594. The molecule has 2 N–H and O–H groups in total. The van der Waals surface area contributed by atoms with Gasteiger partial charge in [0.25, 0.3) is 10.0 Å². The van der Waals surface area contributed by atoms with Crippen molar-refractivity contribution < 1.29 is 18.0 Å². The van der Waals surface area contributed by atoms with Gasteiger partial charge in [-0.3, -0.25) is 9.59 Å². The number of benzene rings is 1. The summed E-state index contributed by atoms with van der Waals surface area (Å²) in [6, 6.07) is 5.67. The third kappa shape index (κ3) is 5.95. The van der Waals surface area contributed by atoms with Gasteiger partial charge in [0.2, 0.25) is 11.8 Å². The Hall–Kier alpha value is -1.89. The summed E-state index contributed by atoms with van der Waals surface area (Å²) < 4.78 is 25.3. The van der Waals surface area contributed by atoms with Crippen molar-refractivity contribution in [1.29, 1.82) is 0 Å². The summed E-state index contributed by atoms with van der Waals surface area (Å²) in [5.74, 6) is -0.746. The van der Waals surface area contributed by atoms with E-state index in [1.54, 1.807) is 0 Å². The Morgan fingerprint density at radius 1 is 1.10 bits per heavy atom. The maximum atomic E-state index is 11.7. The molecule has 0 saturated carbocycles. The van der Waals surface area contributed by atoms with Crippen molar-refractivity contribution in [2.45, 2.75) is 44.4 Å². The Labute approximate surface area is 125 Å². The number of amides is 2. The molecule has 2 amide bonds. The Morgan fingerprint density at radius 3 is 2.24 bits per heavy atom. The minimum absolute atomic E-state index is 0.0262. The van der Waals surface area contributed by atoms with Crippen LogP contribution in [0.4, 0.5) is 5.69 Å². The average Bonchev–Trinajstić information content (AvgIpc) is 2.38. The molecule has 0 spiro atoms. The number of anilines is 1. The smallest absolute Gasteiger partial charge is 0.264 e. The van der Waals surface area contributed by atoms with Gasteiger partial charge in [-0.15, -0.1) is 0 Å². The van der Waals surface area contributed by atoms with Crippen LogP contribution in [0.5, 0.6) is 0 Å². The summed E-state index contributed by atoms with van der Waals surface area (Å²) in [5.41, 5.74) is 0.526. The molecule has 0 aliphatic heterocycles. The second-order valence-corrected chi connectivity index (χ2v) is 6.37. The highest BCUT2D eigenvalue weighted by atomic mass is 32.2. The number of carbonyl (C=O) groups excluding carboxylic acids is 2. The molecule has 1 aromatic rings. The van der Waals surface area contributed by atoms with E-state index < -0.39 is 15.9 Å². The molecule has 0 heterocycles. The normalized spacial score (nSPS) is 11.0. The van der Waals surface area contributed by atoms with E-state index in [0.717, 1.165) is 26.2 Å². The summed E-state index contributed by atoms with van der Waals surface area (Å²) >= 11 is 0. The Balaban J connectivity index is 2.66. The number of hydrogen-bond donors (Lipinski definition) is 2. The van der Waals surface area contributed by atoms with Crippen LogP contribution in [0.1, 0.15) is 39.5 Å². The summed E-state index contributed by atoms with van der Waals surface area (Å²) in [5, 5.41) is 2.70. The highest BCUT2D eigenvalue weighted by Gasteiger charge is 2.15. The van der Waals surface area contributed by atoms with Gasteiger partial charge < -0.3 is 5.32 Å². The zero-order valence-electron chi connectivity index (χ0n) is 12.2. The molecule has 116 valence electrons. The van der Waals surface area contributed by atoms with Crippen LogP contribution in [0.25, 0.3) is 0 Å². The molecule has 21 heavy (non-hydrogen) atoms. The molecule has 0 fully saturated rings. The second-order valence-electron chi connectivity index (χ2n) is 4.69. The molecular weight excluding hydrogens is 292 g/mol. The molecule has 0 aliphatic rings. The molecule has 0 aliphatic carbocycles. The molecule has 0 aromatic heterocycles. The zero-order chi connectivity index (χ0) is 15.9. The van der Waals surface area contributed by atoms with Gasteiger partial charge in [0.15, 0.2) is 0 Å². The number of hydrogen-bond acceptors (Lipinski definition) is 4. The van der Waals surface area contributed by atoms with Gasteiger partial charge in [0, 0.05) is 19.0 Å². The van der Waals surface area contributed by atoms with Crippen LogP contribution in [0.2, 0.25) is 0 Å². The average molecular weight is 312 g/mol. The first-order chi connectivity index (χ1) is 9.85. The highest BCUT2D eigenvalue weighted by molar-refractivity contribution is 7.90. The van der Waals surface area contributed by atoms with Gasteiger partial charge >= 0.3 is 0 Å².